The fourth-order valence-corrected chi connectivity index (χ4v) is 5.80. The van der Waals surface area contributed by atoms with Gasteiger partial charge in [-0.1, -0.05) is 6.07 Å². The summed E-state index contributed by atoms with van der Waals surface area (Å²) in [5.41, 5.74) is 4.29. The Morgan fingerprint density at radius 1 is 1.25 bits per heavy atom. The number of aromatic nitrogens is 2. The lowest BCUT2D eigenvalue weighted by Gasteiger charge is -2.07. The Labute approximate surface area is 172 Å². The van der Waals surface area contributed by atoms with Crippen LogP contribution in [-0.2, 0) is 23.4 Å². The van der Waals surface area contributed by atoms with Gasteiger partial charge in [0.1, 0.15) is 10.7 Å². The van der Waals surface area contributed by atoms with E-state index in [1.165, 1.54) is 10.4 Å². The van der Waals surface area contributed by atoms with Gasteiger partial charge in [0.25, 0.3) is 5.56 Å². The van der Waals surface area contributed by atoms with Crippen LogP contribution in [0.3, 0.4) is 0 Å². The van der Waals surface area contributed by atoms with Crippen LogP contribution in [0.25, 0.3) is 10.2 Å². The average Bonchev–Trinajstić information content (AvgIpc) is 3.18. The van der Waals surface area contributed by atoms with Crippen molar-refractivity contribution in [2.24, 2.45) is 0 Å². The summed E-state index contributed by atoms with van der Waals surface area (Å²) in [6, 6.07) is 6.03. The summed E-state index contributed by atoms with van der Waals surface area (Å²) in [5.74, 6) is 1.98. The molecule has 2 heterocycles. The van der Waals surface area contributed by atoms with E-state index < -0.39 is 0 Å². The summed E-state index contributed by atoms with van der Waals surface area (Å²) in [6.07, 6.45) is 3.62. The lowest BCUT2D eigenvalue weighted by Crippen LogP contribution is -2.13. The molecule has 0 bridgehead atoms. The Balaban J connectivity index is 1.31. The number of carbonyl (C=O) groups excluding carboxylic acids is 1. The maximum atomic E-state index is 12.5. The second-order valence-corrected chi connectivity index (χ2v) is 9.47. The molecule has 4 rings (SSSR count). The van der Waals surface area contributed by atoms with E-state index in [0.717, 1.165) is 46.3 Å². The summed E-state index contributed by atoms with van der Waals surface area (Å²) in [7, 11) is 0. The van der Waals surface area contributed by atoms with E-state index in [4.69, 9.17) is 0 Å². The van der Waals surface area contributed by atoms with Crippen LogP contribution >= 0.6 is 23.1 Å². The van der Waals surface area contributed by atoms with Crippen molar-refractivity contribution in [3.63, 3.8) is 0 Å². The molecule has 1 amide bonds. The smallest absolute Gasteiger partial charge is 0.259 e. The first kappa shape index (κ1) is 19.2. The van der Waals surface area contributed by atoms with Gasteiger partial charge in [-0.05, 0) is 61.9 Å². The number of nitrogens with one attached hydrogen (secondary N) is 2. The van der Waals surface area contributed by atoms with Gasteiger partial charge in [-0.15, -0.1) is 11.3 Å². The van der Waals surface area contributed by atoms with E-state index in [9.17, 15) is 9.59 Å². The first-order chi connectivity index (χ1) is 13.5. The zero-order valence-electron chi connectivity index (χ0n) is 16.1. The molecule has 2 aromatic heterocycles. The number of rotatable bonds is 6. The molecular formula is C21H23N3O2S2. The zero-order valence-corrected chi connectivity index (χ0v) is 17.7. The quantitative estimate of drug-likeness (QED) is 0.589. The van der Waals surface area contributed by atoms with Crippen molar-refractivity contribution in [3.8, 4) is 0 Å². The SMILES string of the molecule is Cc1cc(C)cc(NC(=O)CCSCc2nc3sc4c(c3c(=O)[nH]2)CCC4)c1. The van der Waals surface area contributed by atoms with Crippen LogP contribution in [0.2, 0.25) is 0 Å². The Kier molecular flexibility index (Phi) is 5.55. The molecule has 7 heteroatoms. The fourth-order valence-electron chi connectivity index (χ4n) is 3.72. The molecule has 146 valence electrons. The summed E-state index contributed by atoms with van der Waals surface area (Å²) in [4.78, 5) is 34.4. The number of hydrogen-bond donors (Lipinski definition) is 2. The van der Waals surface area contributed by atoms with Crippen molar-refractivity contribution in [2.45, 2.75) is 45.3 Å². The van der Waals surface area contributed by atoms with Gasteiger partial charge in [0.05, 0.1) is 11.1 Å². The van der Waals surface area contributed by atoms with Crippen LogP contribution in [0.15, 0.2) is 23.0 Å². The minimum Gasteiger partial charge on any atom is -0.326 e. The van der Waals surface area contributed by atoms with Gasteiger partial charge in [0, 0.05) is 22.7 Å². The van der Waals surface area contributed by atoms with E-state index in [0.29, 0.717) is 23.8 Å². The highest BCUT2D eigenvalue weighted by Gasteiger charge is 2.21. The third-order valence-electron chi connectivity index (χ3n) is 4.84. The van der Waals surface area contributed by atoms with Gasteiger partial charge in [0.15, 0.2) is 0 Å². The first-order valence-electron chi connectivity index (χ1n) is 9.49. The number of aromatic amines is 1. The minimum absolute atomic E-state index is 0.00378. The molecule has 0 atom stereocenters. The number of thioether (sulfide) groups is 1. The van der Waals surface area contributed by atoms with E-state index >= 15 is 0 Å². The van der Waals surface area contributed by atoms with Crippen LogP contribution in [0.5, 0.6) is 0 Å². The van der Waals surface area contributed by atoms with E-state index in [2.05, 4.69) is 21.4 Å². The van der Waals surface area contributed by atoms with Crippen LogP contribution in [0, 0.1) is 13.8 Å². The van der Waals surface area contributed by atoms with Gasteiger partial charge in [-0.2, -0.15) is 11.8 Å². The van der Waals surface area contributed by atoms with Crippen molar-refractivity contribution < 1.29 is 4.79 Å². The maximum Gasteiger partial charge on any atom is 0.259 e. The van der Waals surface area contributed by atoms with Crippen molar-refractivity contribution in [1.29, 1.82) is 0 Å². The number of thiophene rings is 1. The van der Waals surface area contributed by atoms with Gasteiger partial charge < -0.3 is 10.3 Å². The first-order valence-corrected chi connectivity index (χ1v) is 11.5. The lowest BCUT2D eigenvalue weighted by molar-refractivity contribution is -0.115. The van der Waals surface area contributed by atoms with Gasteiger partial charge >= 0.3 is 0 Å². The Morgan fingerprint density at radius 3 is 2.82 bits per heavy atom. The number of amides is 1. The molecule has 3 aromatic rings. The van der Waals surface area contributed by atoms with Crippen molar-refractivity contribution in [3.05, 3.63) is 55.9 Å². The minimum atomic E-state index is -0.0208. The van der Waals surface area contributed by atoms with Crippen molar-refractivity contribution >= 4 is 44.9 Å². The molecule has 5 nitrogen and oxygen atoms in total. The third-order valence-corrected chi connectivity index (χ3v) is 7.00. The standard InChI is InChI=1S/C21H23N3O2S2/c1-12-8-13(2)10-14(9-12)22-18(25)6-7-27-11-17-23-20(26)19-15-4-3-5-16(15)28-21(19)24-17/h8-10H,3-7,11H2,1-2H3,(H,22,25)(H,23,24,26). The number of hydrogen-bond acceptors (Lipinski definition) is 5. The Bertz CT molecular complexity index is 1080. The molecule has 1 aromatic carbocycles. The molecule has 28 heavy (non-hydrogen) atoms. The second kappa shape index (κ2) is 8.09. The van der Waals surface area contributed by atoms with Crippen LogP contribution in [0.4, 0.5) is 5.69 Å². The molecule has 0 unspecified atom stereocenters. The van der Waals surface area contributed by atoms with E-state index in [1.54, 1.807) is 23.1 Å². The number of aryl methyl sites for hydroxylation is 4. The number of benzene rings is 1. The number of anilines is 1. The fraction of sp³-hybridized carbons (Fsp3) is 0.381. The molecule has 0 radical (unpaired) electrons. The van der Waals surface area contributed by atoms with Crippen LogP contribution < -0.4 is 10.9 Å². The largest absolute Gasteiger partial charge is 0.326 e. The van der Waals surface area contributed by atoms with Crippen LogP contribution in [-0.4, -0.2) is 21.6 Å². The molecule has 0 spiro atoms. The normalized spacial score (nSPS) is 13.1. The van der Waals surface area contributed by atoms with Crippen LogP contribution in [0.1, 0.15) is 40.2 Å². The molecule has 0 saturated heterocycles. The number of H-pyrrole nitrogens is 1. The van der Waals surface area contributed by atoms with Gasteiger partial charge in [-0.25, -0.2) is 4.98 Å². The zero-order chi connectivity index (χ0) is 19.7. The highest BCUT2D eigenvalue weighted by Crippen LogP contribution is 2.34. The van der Waals surface area contributed by atoms with Gasteiger partial charge in [-0.3, -0.25) is 9.59 Å². The van der Waals surface area contributed by atoms with E-state index in [1.807, 2.05) is 26.0 Å². The highest BCUT2D eigenvalue weighted by atomic mass is 32.2. The summed E-state index contributed by atoms with van der Waals surface area (Å²) in [6.45, 7) is 4.04. The maximum absolute atomic E-state index is 12.5. The third kappa shape index (κ3) is 4.15. The summed E-state index contributed by atoms with van der Waals surface area (Å²) < 4.78 is 0. The van der Waals surface area contributed by atoms with Crippen molar-refractivity contribution in [1.82, 2.24) is 9.97 Å². The monoisotopic (exact) mass is 413 g/mol. The number of fused-ring (bicyclic) bond motifs is 3. The van der Waals surface area contributed by atoms with E-state index in [-0.39, 0.29) is 11.5 Å². The predicted molar refractivity (Wildman–Crippen MR) is 118 cm³/mol. The molecule has 0 saturated carbocycles. The molecule has 0 fully saturated rings. The topological polar surface area (TPSA) is 74.8 Å². The Hall–Kier alpha value is -2.12. The molecule has 2 N–H and O–H groups in total. The molecular weight excluding hydrogens is 390 g/mol. The van der Waals surface area contributed by atoms with Crippen molar-refractivity contribution in [2.75, 3.05) is 11.1 Å². The Morgan fingerprint density at radius 2 is 2.04 bits per heavy atom. The summed E-state index contributed by atoms with van der Waals surface area (Å²) >= 11 is 3.27. The summed E-state index contributed by atoms with van der Waals surface area (Å²) in [5, 5.41) is 3.74. The average molecular weight is 414 g/mol. The lowest BCUT2D eigenvalue weighted by atomic mass is 10.1. The molecule has 1 aliphatic rings. The predicted octanol–water partition coefficient (Wildman–Crippen LogP) is 4.35. The second-order valence-electron chi connectivity index (χ2n) is 7.28. The number of carbonyl (C=O) groups is 1. The molecule has 1 aliphatic carbocycles. The molecule has 0 aliphatic heterocycles. The number of nitrogens with zero attached hydrogens (tertiary/aromatic N) is 1. The van der Waals surface area contributed by atoms with Gasteiger partial charge in [0.2, 0.25) is 5.91 Å². The highest BCUT2D eigenvalue weighted by molar-refractivity contribution is 7.98.